The normalized spacial score (nSPS) is 25.8. The van der Waals surface area contributed by atoms with Crippen LogP contribution in [-0.4, -0.2) is 80.7 Å². The van der Waals surface area contributed by atoms with Gasteiger partial charge in [-0.05, 0) is 85.0 Å². The summed E-state index contributed by atoms with van der Waals surface area (Å²) in [5.41, 5.74) is 0.122. The minimum Gasteiger partial charge on any atom is -0.508 e. The highest BCUT2D eigenvalue weighted by atomic mass is 19.1. The predicted molar refractivity (Wildman–Crippen MR) is 164 cm³/mol. The molecule has 2 aromatic carbocycles. The van der Waals surface area contributed by atoms with Crippen LogP contribution in [0.2, 0.25) is 0 Å². The van der Waals surface area contributed by atoms with Crippen LogP contribution in [0.15, 0.2) is 30.5 Å². The first-order valence-corrected chi connectivity index (χ1v) is 15.9. The van der Waals surface area contributed by atoms with Gasteiger partial charge in [-0.25, -0.2) is 13.2 Å². The summed E-state index contributed by atoms with van der Waals surface area (Å²) in [5, 5.41) is 22.7. The summed E-state index contributed by atoms with van der Waals surface area (Å²) >= 11 is 0. The van der Waals surface area contributed by atoms with Gasteiger partial charge < -0.3 is 19.8 Å². The molecule has 0 amide bonds. The molecular weight excluding hydrogens is 583 g/mol. The molecule has 1 aliphatic carbocycles. The second-order valence-corrected chi connectivity index (χ2v) is 13.6. The summed E-state index contributed by atoms with van der Waals surface area (Å²) in [7, 11) is 0. The number of aliphatic hydroxyl groups is 1. The average Bonchev–Trinajstić information content (AvgIpc) is 3.50. The predicted octanol–water partition coefficient (Wildman–Crippen LogP) is 5.70. The number of pyridine rings is 1. The molecule has 8 nitrogen and oxygen atoms in total. The molecule has 3 atom stereocenters. The molecule has 2 aromatic heterocycles. The van der Waals surface area contributed by atoms with Crippen LogP contribution in [0.5, 0.6) is 11.8 Å². The molecule has 236 valence electrons. The Morgan fingerprint density at radius 1 is 1.09 bits per heavy atom. The van der Waals surface area contributed by atoms with Crippen molar-refractivity contribution in [1.29, 1.82) is 0 Å². The number of benzene rings is 2. The number of aromatic hydroxyl groups is 1. The average molecular weight is 620 g/mol. The van der Waals surface area contributed by atoms with E-state index in [4.69, 9.17) is 9.72 Å². The fourth-order valence-electron chi connectivity index (χ4n) is 8.25. The maximum Gasteiger partial charge on any atom is 0.319 e. The van der Waals surface area contributed by atoms with E-state index >= 15 is 4.39 Å². The number of anilines is 1. The standard InChI is InChI=1S/C34H36F3N5O3/c1-2-23-26(36)5-4-19-10-21(43)11-24(27(19)23)29-28(37)30-25(14-38-29)31(41-16-22(44)13-33(17-41)7-8-33)40-32(39-30)45-18-34-6-3-9-42(34)15-20(35)12-34/h4-5,10-11,14,20,22,43-44H,2-3,6-9,12-13,15-18H2,1H3/t20-,22?,34+/m1/s1. The van der Waals surface area contributed by atoms with Gasteiger partial charge in [-0.3, -0.25) is 9.88 Å². The molecular formula is C34H36F3N5O3. The lowest BCUT2D eigenvalue weighted by Gasteiger charge is -2.37. The Kier molecular flexibility index (Phi) is 6.66. The number of hydrogen-bond acceptors (Lipinski definition) is 8. The topological polar surface area (TPSA) is 94.8 Å². The van der Waals surface area contributed by atoms with E-state index in [1.807, 2.05) is 11.8 Å². The third-order valence-corrected chi connectivity index (χ3v) is 10.5. The number of ether oxygens (including phenoxy) is 1. The summed E-state index contributed by atoms with van der Waals surface area (Å²) in [6.07, 6.45) is 5.25. The van der Waals surface area contributed by atoms with E-state index in [9.17, 15) is 19.0 Å². The van der Waals surface area contributed by atoms with Gasteiger partial charge >= 0.3 is 6.01 Å². The van der Waals surface area contributed by atoms with Gasteiger partial charge in [0.25, 0.3) is 0 Å². The number of aryl methyl sites for hydroxylation is 1. The number of hydrogen-bond donors (Lipinski definition) is 2. The van der Waals surface area contributed by atoms with E-state index in [1.54, 1.807) is 6.07 Å². The lowest BCUT2D eigenvalue weighted by Crippen LogP contribution is -2.45. The molecule has 2 N–H and O–H groups in total. The van der Waals surface area contributed by atoms with Crippen LogP contribution in [0.3, 0.4) is 0 Å². The number of nitrogens with zero attached hydrogens (tertiary/aromatic N) is 5. The molecule has 1 spiro atoms. The largest absolute Gasteiger partial charge is 0.508 e. The molecule has 4 fully saturated rings. The van der Waals surface area contributed by atoms with Crippen LogP contribution >= 0.6 is 0 Å². The van der Waals surface area contributed by atoms with Crippen molar-refractivity contribution < 1.29 is 28.1 Å². The van der Waals surface area contributed by atoms with E-state index < -0.39 is 29.4 Å². The molecule has 0 radical (unpaired) electrons. The smallest absolute Gasteiger partial charge is 0.319 e. The van der Waals surface area contributed by atoms with E-state index in [-0.39, 0.29) is 40.6 Å². The molecule has 3 saturated heterocycles. The third-order valence-electron chi connectivity index (χ3n) is 10.5. The van der Waals surface area contributed by atoms with Crippen LogP contribution in [0.1, 0.15) is 51.0 Å². The van der Waals surface area contributed by atoms with Crippen molar-refractivity contribution in [3.63, 3.8) is 0 Å². The quantitative estimate of drug-likeness (QED) is 0.284. The molecule has 1 saturated carbocycles. The van der Waals surface area contributed by atoms with Crippen molar-refractivity contribution in [3.05, 3.63) is 47.7 Å². The number of aliphatic hydroxyl groups excluding tert-OH is 1. The SMILES string of the molecule is CCc1c(F)ccc2cc(O)cc(-c3ncc4c(N5CC(O)CC6(CC6)C5)nc(OC[C@@]56CCCN5C[C@H](F)C6)nc4c3F)c12. The first-order valence-electron chi connectivity index (χ1n) is 15.9. The number of piperidine rings is 1. The van der Waals surface area contributed by atoms with Gasteiger partial charge in [-0.2, -0.15) is 9.97 Å². The Balaban J connectivity index is 1.28. The zero-order valence-corrected chi connectivity index (χ0v) is 25.2. The van der Waals surface area contributed by atoms with Gasteiger partial charge in [0.1, 0.15) is 41.4 Å². The van der Waals surface area contributed by atoms with Crippen molar-refractivity contribution in [1.82, 2.24) is 19.9 Å². The van der Waals surface area contributed by atoms with Crippen LogP contribution in [0.25, 0.3) is 32.9 Å². The molecule has 0 bridgehead atoms. The van der Waals surface area contributed by atoms with E-state index in [2.05, 4.69) is 14.9 Å². The maximum atomic E-state index is 16.8. The van der Waals surface area contributed by atoms with Gasteiger partial charge in [0.2, 0.25) is 0 Å². The second kappa shape index (κ2) is 10.4. The fourth-order valence-corrected chi connectivity index (χ4v) is 8.25. The lowest BCUT2D eigenvalue weighted by molar-refractivity contribution is 0.107. The first-order chi connectivity index (χ1) is 21.7. The highest BCUT2D eigenvalue weighted by Crippen LogP contribution is 2.53. The summed E-state index contributed by atoms with van der Waals surface area (Å²) in [6.45, 7) is 4.18. The lowest BCUT2D eigenvalue weighted by atomic mass is 9.92. The minimum atomic E-state index is -0.924. The van der Waals surface area contributed by atoms with E-state index in [1.165, 1.54) is 24.4 Å². The van der Waals surface area contributed by atoms with Crippen molar-refractivity contribution in [3.8, 4) is 23.0 Å². The second-order valence-electron chi connectivity index (χ2n) is 13.6. The Morgan fingerprint density at radius 3 is 2.73 bits per heavy atom. The molecule has 5 heterocycles. The molecule has 3 aliphatic heterocycles. The molecule has 4 aromatic rings. The number of halogens is 3. The van der Waals surface area contributed by atoms with Crippen molar-refractivity contribution in [2.45, 2.75) is 69.7 Å². The van der Waals surface area contributed by atoms with Gasteiger partial charge in [-0.15, -0.1) is 0 Å². The van der Waals surface area contributed by atoms with Crippen LogP contribution in [-0.2, 0) is 6.42 Å². The fraction of sp³-hybridized carbons (Fsp3) is 0.500. The Bertz CT molecular complexity index is 1830. The number of phenols is 1. The summed E-state index contributed by atoms with van der Waals surface area (Å²) in [6, 6.07) is 5.80. The van der Waals surface area contributed by atoms with Gasteiger partial charge in [0.05, 0.1) is 17.0 Å². The molecule has 8 rings (SSSR count). The van der Waals surface area contributed by atoms with Gasteiger partial charge in [0.15, 0.2) is 5.82 Å². The summed E-state index contributed by atoms with van der Waals surface area (Å²) < 4.78 is 52.4. The third kappa shape index (κ3) is 4.77. The Hall–Kier alpha value is -3.70. The van der Waals surface area contributed by atoms with Crippen molar-refractivity contribution >= 4 is 27.5 Å². The Labute approximate surface area is 258 Å². The highest BCUT2D eigenvalue weighted by Gasteiger charge is 2.50. The molecule has 11 heteroatoms. The monoisotopic (exact) mass is 619 g/mol. The molecule has 45 heavy (non-hydrogen) atoms. The van der Waals surface area contributed by atoms with E-state index in [0.29, 0.717) is 60.0 Å². The minimum absolute atomic E-state index is 0.00623. The van der Waals surface area contributed by atoms with Gasteiger partial charge in [-0.1, -0.05) is 13.0 Å². The van der Waals surface area contributed by atoms with Crippen molar-refractivity contribution in [2.75, 3.05) is 37.7 Å². The van der Waals surface area contributed by atoms with Crippen LogP contribution in [0.4, 0.5) is 19.0 Å². The number of β-amino-alcohol motifs (C(OH)–C–C–N with tert-alkyl or cyclic N) is 1. The highest BCUT2D eigenvalue weighted by molar-refractivity contribution is 6.01. The Morgan fingerprint density at radius 2 is 1.93 bits per heavy atom. The molecule has 4 aliphatic rings. The zero-order chi connectivity index (χ0) is 31.1. The zero-order valence-electron chi connectivity index (χ0n) is 25.2. The number of rotatable bonds is 6. The van der Waals surface area contributed by atoms with Gasteiger partial charge in [0, 0.05) is 37.8 Å². The van der Waals surface area contributed by atoms with Crippen LogP contribution < -0.4 is 9.64 Å². The summed E-state index contributed by atoms with van der Waals surface area (Å²) in [5.74, 6) is -0.836. The van der Waals surface area contributed by atoms with Crippen molar-refractivity contribution in [2.24, 2.45) is 5.41 Å². The number of phenolic OH excluding ortho intramolecular Hbond substituents is 1. The number of alkyl halides is 1. The summed E-state index contributed by atoms with van der Waals surface area (Å²) in [4.78, 5) is 17.9. The van der Waals surface area contributed by atoms with Crippen LogP contribution in [0, 0.1) is 17.0 Å². The maximum absolute atomic E-state index is 16.8. The number of aromatic nitrogens is 3. The molecule has 1 unspecified atom stereocenters. The first kappa shape index (κ1) is 28.8. The number of fused-ring (bicyclic) bond motifs is 3. The van der Waals surface area contributed by atoms with E-state index in [0.717, 1.165) is 38.6 Å².